The van der Waals surface area contributed by atoms with Gasteiger partial charge in [0.05, 0.1) is 6.33 Å². The Bertz CT molecular complexity index is 606. The molecule has 110 valence electrons. The van der Waals surface area contributed by atoms with Gasteiger partial charge in [0.2, 0.25) is 5.91 Å². The van der Waals surface area contributed by atoms with Crippen LogP contribution in [0.5, 0.6) is 0 Å². The van der Waals surface area contributed by atoms with Crippen molar-refractivity contribution in [3.8, 4) is 0 Å². The third-order valence-corrected chi connectivity index (χ3v) is 3.92. The van der Waals surface area contributed by atoms with Crippen LogP contribution in [-0.2, 0) is 11.3 Å². The van der Waals surface area contributed by atoms with Crippen molar-refractivity contribution in [3.63, 3.8) is 0 Å². The van der Waals surface area contributed by atoms with Crippen molar-refractivity contribution >= 4 is 23.2 Å². The van der Waals surface area contributed by atoms with Gasteiger partial charge in [-0.25, -0.2) is 4.98 Å². The van der Waals surface area contributed by atoms with E-state index in [9.17, 15) is 4.79 Å². The fraction of sp³-hybridized carbons (Fsp3) is 0.333. The average Bonchev–Trinajstić information content (AvgIpc) is 3.00. The highest BCUT2D eigenvalue weighted by atomic mass is 35.5. The first-order valence-electron chi connectivity index (χ1n) is 6.96. The Morgan fingerprint density at radius 2 is 2.05 bits per heavy atom. The molecule has 6 heteroatoms. The first kappa shape index (κ1) is 13.9. The quantitative estimate of drug-likeness (QED) is 0.869. The van der Waals surface area contributed by atoms with Crippen molar-refractivity contribution in [3.05, 3.63) is 48.0 Å². The SMILES string of the molecule is O=C(Cn1ccnc1)N1CCN(c2cccc(Cl)c2)CC1. The molecule has 0 aliphatic carbocycles. The molecule has 0 N–H and O–H groups in total. The highest BCUT2D eigenvalue weighted by Gasteiger charge is 2.21. The molecule has 1 aliphatic rings. The highest BCUT2D eigenvalue weighted by Crippen LogP contribution is 2.20. The Kier molecular flexibility index (Phi) is 4.10. The van der Waals surface area contributed by atoms with Gasteiger partial charge in [-0.3, -0.25) is 4.79 Å². The summed E-state index contributed by atoms with van der Waals surface area (Å²) in [5.74, 6) is 0.138. The van der Waals surface area contributed by atoms with Crippen LogP contribution < -0.4 is 4.90 Å². The zero-order valence-electron chi connectivity index (χ0n) is 11.7. The van der Waals surface area contributed by atoms with E-state index in [1.54, 1.807) is 23.3 Å². The molecule has 21 heavy (non-hydrogen) atoms. The molecule has 0 radical (unpaired) electrons. The van der Waals surface area contributed by atoms with Crippen molar-refractivity contribution in [1.82, 2.24) is 14.5 Å². The van der Waals surface area contributed by atoms with Gasteiger partial charge in [0.25, 0.3) is 0 Å². The van der Waals surface area contributed by atoms with Crippen molar-refractivity contribution < 1.29 is 4.79 Å². The fourth-order valence-corrected chi connectivity index (χ4v) is 2.71. The normalized spacial score (nSPS) is 15.3. The van der Waals surface area contributed by atoms with Crippen LogP contribution in [0.2, 0.25) is 5.02 Å². The molecule has 1 saturated heterocycles. The average molecular weight is 305 g/mol. The van der Waals surface area contributed by atoms with E-state index < -0.39 is 0 Å². The molecule has 2 aromatic rings. The van der Waals surface area contributed by atoms with E-state index in [1.165, 1.54) is 0 Å². The topological polar surface area (TPSA) is 41.4 Å². The maximum atomic E-state index is 12.2. The molecule has 0 unspecified atom stereocenters. The number of carbonyl (C=O) groups is 1. The van der Waals surface area contributed by atoms with Gasteiger partial charge in [-0.2, -0.15) is 0 Å². The van der Waals surface area contributed by atoms with Gasteiger partial charge in [0.15, 0.2) is 0 Å². The summed E-state index contributed by atoms with van der Waals surface area (Å²) in [6.45, 7) is 3.49. The van der Waals surface area contributed by atoms with E-state index >= 15 is 0 Å². The predicted octanol–water partition coefficient (Wildman–Crippen LogP) is 1.89. The van der Waals surface area contributed by atoms with E-state index in [0.29, 0.717) is 6.54 Å². The summed E-state index contributed by atoms with van der Waals surface area (Å²) in [6.07, 6.45) is 5.16. The van der Waals surface area contributed by atoms with Crippen LogP contribution in [0.15, 0.2) is 43.0 Å². The molecular weight excluding hydrogens is 288 g/mol. The summed E-state index contributed by atoms with van der Waals surface area (Å²) >= 11 is 6.02. The Labute approximate surface area is 128 Å². The molecule has 1 aromatic carbocycles. The van der Waals surface area contributed by atoms with Crippen LogP contribution in [0.1, 0.15) is 0 Å². The zero-order chi connectivity index (χ0) is 14.7. The van der Waals surface area contributed by atoms with Gasteiger partial charge >= 0.3 is 0 Å². The van der Waals surface area contributed by atoms with Crippen molar-refractivity contribution in [2.45, 2.75) is 6.54 Å². The number of rotatable bonds is 3. The Balaban J connectivity index is 1.56. The summed E-state index contributed by atoms with van der Waals surface area (Å²) in [5.41, 5.74) is 1.12. The number of piperazine rings is 1. The number of hydrogen-bond acceptors (Lipinski definition) is 3. The monoisotopic (exact) mass is 304 g/mol. The molecule has 0 atom stereocenters. The van der Waals surface area contributed by atoms with Gasteiger partial charge < -0.3 is 14.4 Å². The Morgan fingerprint density at radius 3 is 2.71 bits per heavy atom. The zero-order valence-corrected chi connectivity index (χ0v) is 12.4. The van der Waals surface area contributed by atoms with Crippen LogP contribution in [0.3, 0.4) is 0 Å². The van der Waals surface area contributed by atoms with Crippen LogP contribution in [-0.4, -0.2) is 46.5 Å². The number of hydrogen-bond donors (Lipinski definition) is 0. The van der Waals surface area contributed by atoms with Gasteiger partial charge in [0, 0.05) is 49.3 Å². The summed E-state index contributed by atoms with van der Waals surface area (Å²) < 4.78 is 1.80. The van der Waals surface area contributed by atoms with E-state index in [0.717, 1.165) is 36.9 Å². The van der Waals surface area contributed by atoms with Crippen LogP contribution >= 0.6 is 11.6 Å². The molecule has 1 amide bonds. The minimum Gasteiger partial charge on any atom is -0.368 e. The van der Waals surface area contributed by atoms with E-state index in [4.69, 9.17) is 11.6 Å². The number of aromatic nitrogens is 2. The van der Waals surface area contributed by atoms with Crippen LogP contribution in [0, 0.1) is 0 Å². The van der Waals surface area contributed by atoms with Crippen LogP contribution in [0.4, 0.5) is 5.69 Å². The van der Waals surface area contributed by atoms with Gasteiger partial charge in [-0.1, -0.05) is 17.7 Å². The number of halogens is 1. The highest BCUT2D eigenvalue weighted by molar-refractivity contribution is 6.30. The van der Waals surface area contributed by atoms with Gasteiger partial charge in [-0.05, 0) is 18.2 Å². The molecule has 1 aromatic heterocycles. The smallest absolute Gasteiger partial charge is 0.242 e. The largest absolute Gasteiger partial charge is 0.368 e. The van der Waals surface area contributed by atoms with Crippen molar-refractivity contribution in [2.75, 3.05) is 31.1 Å². The maximum absolute atomic E-state index is 12.2. The number of amides is 1. The molecule has 2 heterocycles. The first-order chi connectivity index (χ1) is 10.2. The number of imidazole rings is 1. The second-order valence-corrected chi connectivity index (χ2v) is 5.52. The van der Waals surface area contributed by atoms with Crippen LogP contribution in [0.25, 0.3) is 0 Å². The van der Waals surface area contributed by atoms with E-state index in [1.807, 2.05) is 23.1 Å². The summed E-state index contributed by atoms with van der Waals surface area (Å²) in [7, 11) is 0. The lowest BCUT2D eigenvalue weighted by molar-refractivity contribution is -0.132. The lowest BCUT2D eigenvalue weighted by atomic mass is 10.2. The van der Waals surface area contributed by atoms with Gasteiger partial charge in [0.1, 0.15) is 6.54 Å². The summed E-state index contributed by atoms with van der Waals surface area (Å²) in [5, 5.41) is 0.742. The third-order valence-electron chi connectivity index (χ3n) is 3.68. The first-order valence-corrected chi connectivity index (χ1v) is 7.34. The second kappa shape index (κ2) is 6.18. The predicted molar refractivity (Wildman–Crippen MR) is 82.5 cm³/mol. The number of carbonyl (C=O) groups excluding carboxylic acids is 1. The number of anilines is 1. The molecule has 5 nitrogen and oxygen atoms in total. The minimum absolute atomic E-state index is 0.138. The Morgan fingerprint density at radius 1 is 1.24 bits per heavy atom. The van der Waals surface area contributed by atoms with Gasteiger partial charge in [-0.15, -0.1) is 0 Å². The lowest BCUT2D eigenvalue weighted by Crippen LogP contribution is -2.49. The summed E-state index contributed by atoms with van der Waals surface area (Å²) in [4.78, 5) is 20.3. The molecule has 0 bridgehead atoms. The fourth-order valence-electron chi connectivity index (χ4n) is 2.52. The maximum Gasteiger partial charge on any atom is 0.242 e. The third kappa shape index (κ3) is 3.36. The molecule has 0 spiro atoms. The standard InChI is InChI=1S/C15H17ClN4O/c16-13-2-1-3-14(10-13)19-6-8-20(9-7-19)15(21)11-18-5-4-17-12-18/h1-5,10,12H,6-9,11H2. The summed E-state index contributed by atoms with van der Waals surface area (Å²) in [6, 6.07) is 7.84. The molecule has 3 rings (SSSR count). The Hall–Kier alpha value is -2.01. The molecular formula is C15H17ClN4O. The number of benzene rings is 1. The van der Waals surface area contributed by atoms with Crippen molar-refractivity contribution in [2.24, 2.45) is 0 Å². The minimum atomic E-state index is 0.138. The van der Waals surface area contributed by atoms with E-state index in [2.05, 4.69) is 16.0 Å². The lowest BCUT2D eigenvalue weighted by Gasteiger charge is -2.36. The molecule has 1 fully saturated rings. The van der Waals surface area contributed by atoms with Crippen molar-refractivity contribution in [1.29, 1.82) is 0 Å². The second-order valence-electron chi connectivity index (χ2n) is 5.08. The molecule has 0 saturated carbocycles. The van der Waals surface area contributed by atoms with E-state index in [-0.39, 0.29) is 5.91 Å². The number of nitrogens with zero attached hydrogens (tertiary/aromatic N) is 4. The molecule has 1 aliphatic heterocycles.